The van der Waals surface area contributed by atoms with E-state index in [9.17, 15) is 4.79 Å². The van der Waals surface area contributed by atoms with Gasteiger partial charge in [0.15, 0.2) is 11.5 Å². The number of nitrogens with zero attached hydrogens (tertiary/aromatic N) is 2. The lowest BCUT2D eigenvalue weighted by Gasteiger charge is -2.12. The van der Waals surface area contributed by atoms with Crippen LogP contribution in [-0.4, -0.2) is 50.6 Å². The number of amides is 1. The van der Waals surface area contributed by atoms with Crippen LogP contribution in [0.1, 0.15) is 6.42 Å². The first-order valence-corrected chi connectivity index (χ1v) is 11.4. The van der Waals surface area contributed by atoms with Crippen LogP contribution < -0.4 is 29.0 Å². The molecular formula is C27H27N3O7. The fraction of sp³-hybridized carbons (Fsp3) is 0.222. The molecule has 10 heteroatoms. The van der Waals surface area contributed by atoms with Gasteiger partial charge in [-0.1, -0.05) is 6.07 Å². The Hall–Kier alpha value is -4.73. The Balaban J connectivity index is 1.27. The summed E-state index contributed by atoms with van der Waals surface area (Å²) in [5, 5.41) is 3.35. The van der Waals surface area contributed by atoms with Crippen LogP contribution in [-0.2, 0) is 4.74 Å². The molecule has 0 spiro atoms. The Labute approximate surface area is 214 Å². The van der Waals surface area contributed by atoms with Crippen LogP contribution in [0.5, 0.6) is 34.6 Å². The van der Waals surface area contributed by atoms with Crippen LogP contribution in [0.4, 0.5) is 10.5 Å². The molecule has 0 saturated carbocycles. The molecule has 0 atom stereocenters. The molecule has 1 amide bonds. The van der Waals surface area contributed by atoms with Crippen LogP contribution in [0.2, 0.25) is 0 Å². The average Bonchev–Trinajstić information content (AvgIpc) is 2.93. The smallest absolute Gasteiger partial charge is 0.411 e. The second kappa shape index (κ2) is 12.3. The first-order valence-electron chi connectivity index (χ1n) is 11.4. The summed E-state index contributed by atoms with van der Waals surface area (Å²) in [6.45, 7) is 0.620. The molecule has 0 radical (unpaired) electrons. The summed E-state index contributed by atoms with van der Waals surface area (Å²) in [4.78, 5) is 20.6. The van der Waals surface area contributed by atoms with Crippen molar-refractivity contribution in [2.24, 2.45) is 0 Å². The van der Waals surface area contributed by atoms with E-state index in [-0.39, 0.29) is 6.61 Å². The van der Waals surface area contributed by atoms with Gasteiger partial charge in [0.2, 0.25) is 5.88 Å². The van der Waals surface area contributed by atoms with Gasteiger partial charge in [-0.2, -0.15) is 0 Å². The molecule has 1 heterocycles. The minimum Gasteiger partial charge on any atom is -0.497 e. The molecule has 0 aliphatic carbocycles. The number of rotatable bonds is 11. The van der Waals surface area contributed by atoms with E-state index >= 15 is 0 Å². The van der Waals surface area contributed by atoms with E-state index in [4.69, 9.17) is 28.4 Å². The van der Waals surface area contributed by atoms with Crippen molar-refractivity contribution in [3.05, 3.63) is 67.0 Å². The second-order valence-electron chi connectivity index (χ2n) is 7.67. The monoisotopic (exact) mass is 505 g/mol. The summed E-state index contributed by atoms with van der Waals surface area (Å²) in [7, 11) is 4.72. The first kappa shape index (κ1) is 25.4. The summed E-state index contributed by atoms with van der Waals surface area (Å²) in [6, 6.07) is 17.7. The molecule has 0 aliphatic heterocycles. The summed E-state index contributed by atoms with van der Waals surface area (Å²) in [5.41, 5.74) is 1.21. The molecule has 192 valence electrons. The summed E-state index contributed by atoms with van der Waals surface area (Å²) in [6.07, 6.45) is 1.40. The number of hydrogen-bond acceptors (Lipinski definition) is 9. The van der Waals surface area contributed by atoms with Crippen LogP contribution in [0.15, 0.2) is 67.0 Å². The van der Waals surface area contributed by atoms with Crippen molar-refractivity contribution in [2.75, 3.05) is 39.9 Å². The number of hydrogen-bond donors (Lipinski definition) is 1. The maximum absolute atomic E-state index is 12.1. The SMILES string of the molecule is COc1cccc(OCCCOC(=O)Nc2ccc(Oc3ncnc4cc(OC)c(OC)cc34)cc2)c1. The van der Waals surface area contributed by atoms with Gasteiger partial charge in [0.05, 0.1) is 45.4 Å². The maximum atomic E-state index is 12.1. The van der Waals surface area contributed by atoms with E-state index in [1.54, 1.807) is 63.8 Å². The van der Waals surface area contributed by atoms with Crippen LogP contribution in [0.25, 0.3) is 10.9 Å². The molecule has 4 aromatic rings. The Kier molecular flexibility index (Phi) is 8.43. The van der Waals surface area contributed by atoms with Gasteiger partial charge in [0.1, 0.15) is 23.6 Å². The predicted molar refractivity (Wildman–Crippen MR) is 137 cm³/mol. The number of carbonyl (C=O) groups is 1. The van der Waals surface area contributed by atoms with Gasteiger partial charge in [0.25, 0.3) is 0 Å². The van der Waals surface area contributed by atoms with E-state index in [0.29, 0.717) is 58.5 Å². The van der Waals surface area contributed by atoms with Gasteiger partial charge < -0.3 is 28.4 Å². The quantitative estimate of drug-likeness (QED) is 0.265. The molecule has 0 fully saturated rings. The summed E-state index contributed by atoms with van der Waals surface area (Å²) < 4.78 is 32.7. The topological polar surface area (TPSA) is 110 Å². The number of ether oxygens (including phenoxy) is 6. The second-order valence-corrected chi connectivity index (χ2v) is 7.67. The van der Waals surface area contributed by atoms with Crippen molar-refractivity contribution in [1.29, 1.82) is 0 Å². The Morgan fingerprint density at radius 3 is 2.32 bits per heavy atom. The Morgan fingerprint density at radius 2 is 1.57 bits per heavy atom. The highest BCUT2D eigenvalue weighted by atomic mass is 16.6. The van der Waals surface area contributed by atoms with E-state index in [1.165, 1.54) is 6.33 Å². The third-order valence-corrected chi connectivity index (χ3v) is 5.25. The summed E-state index contributed by atoms with van der Waals surface area (Å²) in [5.74, 6) is 3.41. The zero-order valence-corrected chi connectivity index (χ0v) is 20.7. The van der Waals surface area contributed by atoms with Crippen molar-refractivity contribution in [1.82, 2.24) is 9.97 Å². The highest BCUT2D eigenvalue weighted by Gasteiger charge is 2.13. The number of fused-ring (bicyclic) bond motifs is 1. The predicted octanol–water partition coefficient (Wildman–Crippen LogP) is 5.47. The highest BCUT2D eigenvalue weighted by Crippen LogP contribution is 2.35. The van der Waals surface area contributed by atoms with E-state index in [0.717, 1.165) is 5.75 Å². The number of methoxy groups -OCH3 is 3. The van der Waals surface area contributed by atoms with Gasteiger partial charge in [-0.15, -0.1) is 0 Å². The summed E-state index contributed by atoms with van der Waals surface area (Å²) >= 11 is 0. The molecule has 0 saturated heterocycles. The number of carbonyl (C=O) groups excluding carboxylic acids is 1. The zero-order valence-electron chi connectivity index (χ0n) is 20.7. The lowest BCUT2D eigenvalue weighted by Crippen LogP contribution is -2.15. The fourth-order valence-electron chi connectivity index (χ4n) is 3.42. The molecule has 0 aliphatic rings. The maximum Gasteiger partial charge on any atom is 0.411 e. The molecule has 0 bridgehead atoms. The average molecular weight is 506 g/mol. The molecule has 1 aromatic heterocycles. The fourth-order valence-corrected chi connectivity index (χ4v) is 3.42. The standard InChI is InChI=1S/C27H27N3O7/c1-32-20-6-4-7-21(14-20)35-12-5-13-36-27(31)30-18-8-10-19(11-9-18)37-26-22-15-24(33-2)25(34-3)16-23(22)28-17-29-26/h4,6-11,14-17H,5,12-13H2,1-3H3,(H,30,31). The zero-order chi connectivity index (χ0) is 26.0. The Morgan fingerprint density at radius 1 is 0.811 bits per heavy atom. The van der Waals surface area contributed by atoms with E-state index < -0.39 is 6.09 Å². The van der Waals surface area contributed by atoms with Gasteiger partial charge in [0, 0.05) is 24.2 Å². The van der Waals surface area contributed by atoms with Crippen LogP contribution in [0.3, 0.4) is 0 Å². The minimum absolute atomic E-state index is 0.214. The number of aromatic nitrogens is 2. The van der Waals surface area contributed by atoms with Gasteiger partial charge in [-0.25, -0.2) is 14.8 Å². The molecule has 37 heavy (non-hydrogen) atoms. The number of anilines is 1. The number of nitrogens with one attached hydrogen (secondary N) is 1. The molecule has 1 N–H and O–H groups in total. The first-order chi connectivity index (χ1) is 18.1. The number of benzene rings is 3. The molecular weight excluding hydrogens is 478 g/mol. The molecule has 3 aromatic carbocycles. The molecule has 4 rings (SSSR count). The van der Waals surface area contributed by atoms with Gasteiger partial charge >= 0.3 is 6.09 Å². The highest BCUT2D eigenvalue weighted by molar-refractivity contribution is 5.87. The third-order valence-electron chi connectivity index (χ3n) is 5.25. The van der Waals surface area contributed by atoms with E-state index in [1.807, 2.05) is 18.2 Å². The lowest BCUT2D eigenvalue weighted by molar-refractivity contribution is 0.152. The van der Waals surface area contributed by atoms with Crippen molar-refractivity contribution in [3.63, 3.8) is 0 Å². The molecule has 0 unspecified atom stereocenters. The van der Waals surface area contributed by atoms with Gasteiger partial charge in [-0.3, -0.25) is 5.32 Å². The normalized spacial score (nSPS) is 10.5. The van der Waals surface area contributed by atoms with Gasteiger partial charge in [-0.05, 0) is 42.5 Å². The Bertz CT molecular complexity index is 1350. The van der Waals surface area contributed by atoms with Crippen molar-refractivity contribution >= 4 is 22.7 Å². The van der Waals surface area contributed by atoms with Crippen molar-refractivity contribution in [2.45, 2.75) is 6.42 Å². The van der Waals surface area contributed by atoms with Crippen molar-refractivity contribution in [3.8, 4) is 34.6 Å². The van der Waals surface area contributed by atoms with Crippen LogP contribution in [0, 0.1) is 0 Å². The lowest BCUT2D eigenvalue weighted by atomic mass is 10.2. The molecule has 10 nitrogen and oxygen atoms in total. The third kappa shape index (κ3) is 6.69. The largest absolute Gasteiger partial charge is 0.497 e. The van der Waals surface area contributed by atoms with E-state index in [2.05, 4.69) is 15.3 Å². The van der Waals surface area contributed by atoms with Crippen LogP contribution >= 0.6 is 0 Å². The van der Waals surface area contributed by atoms with Crippen molar-refractivity contribution < 1.29 is 33.2 Å². The minimum atomic E-state index is -0.558.